The fourth-order valence-corrected chi connectivity index (χ4v) is 0.605. The Labute approximate surface area is 60.9 Å². The summed E-state index contributed by atoms with van der Waals surface area (Å²) in [4.78, 5) is 25.5. The van der Waals surface area contributed by atoms with Crippen LogP contribution in [0.2, 0.25) is 0 Å². The van der Waals surface area contributed by atoms with Crippen molar-refractivity contribution in [2.45, 2.75) is 0 Å². The first-order chi connectivity index (χ1) is 5.24. The van der Waals surface area contributed by atoms with Crippen LogP contribution in [0.25, 0.3) is 6.08 Å². The van der Waals surface area contributed by atoms with Gasteiger partial charge in [0.15, 0.2) is 0 Å². The second-order valence-corrected chi connectivity index (χ2v) is 1.82. The first kappa shape index (κ1) is 7.24. The molecule has 11 heavy (non-hydrogen) atoms. The number of aromatic amines is 2. The summed E-state index contributed by atoms with van der Waals surface area (Å²) in [5, 5.41) is 6.54. The molecule has 1 heterocycles. The van der Waals surface area contributed by atoms with Crippen molar-refractivity contribution in [3.8, 4) is 0 Å². The van der Waals surface area contributed by atoms with Gasteiger partial charge in [0.1, 0.15) is 0 Å². The van der Waals surface area contributed by atoms with Gasteiger partial charge in [0.25, 0.3) is 5.56 Å². The van der Waals surface area contributed by atoms with Crippen LogP contribution in [0.1, 0.15) is 5.56 Å². The summed E-state index contributed by atoms with van der Waals surface area (Å²) < 4.78 is 0. The monoisotopic (exact) mass is 151 g/mol. The third-order valence-corrected chi connectivity index (χ3v) is 1.08. The molecule has 5 heteroatoms. The zero-order valence-electron chi connectivity index (χ0n) is 5.47. The maximum atomic E-state index is 10.8. The van der Waals surface area contributed by atoms with Gasteiger partial charge in [0.2, 0.25) is 0 Å². The molecule has 1 aromatic rings. The Kier molecular flexibility index (Phi) is 1.85. The number of hydrogen-bond donors (Lipinski definition) is 3. The van der Waals surface area contributed by atoms with E-state index in [1.165, 1.54) is 6.20 Å². The van der Waals surface area contributed by atoms with Crippen molar-refractivity contribution in [3.05, 3.63) is 32.6 Å². The van der Waals surface area contributed by atoms with Crippen molar-refractivity contribution in [1.82, 2.24) is 9.97 Å². The average Bonchev–Trinajstić information content (AvgIpc) is 1.95. The normalized spacial score (nSPS) is 8.73. The van der Waals surface area contributed by atoms with E-state index in [1.54, 1.807) is 0 Å². The topological polar surface area (TPSA) is 89.6 Å². The van der Waals surface area contributed by atoms with Gasteiger partial charge in [-0.1, -0.05) is 0 Å². The Hall–Kier alpha value is -1.87. The molecule has 0 fully saturated rings. The molecular weight excluding hydrogens is 146 g/mol. The minimum absolute atomic E-state index is 0.208. The molecule has 1 rings (SSSR count). The predicted molar refractivity (Wildman–Crippen MR) is 39.9 cm³/mol. The molecule has 0 saturated heterocycles. The SMILES string of the molecule is N=C=Cc1c[nH]c(=O)[nH]c1=O. The zero-order chi connectivity index (χ0) is 8.27. The fraction of sp³-hybridized carbons (Fsp3) is 0. The van der Waals surface area contributed by atoms with Gasteiger partial charge in [0, 0.05) is 12.3 Å². The van der Waals surface area contributed by atoms with E-state index in [1.807, 2.05) is 10.9 Å². The van der Waals surface area contributed by atoms with Gasteiger partial charge in [-0.3, -0.25) is 15.2 Å². The molecule has 0 unspecified atom stereocenters. The van der Waals surface area contributed by atoms with Crippen LogP contribution in [0.3, 0.4) is 0 Å². The van der Waals surface area contributed by atoms with Gasteiger partial charge in [-0.2, -0.15) is 0 Å². The van der Waals surface area contributed by atoms with E-state index >= 15 is 0 Å². The third-order valence-electron chi connectivity index (χ3n) is 1.08. The average molecular weight is 151 g/mol. The molecule has 5 nitrogen and oxygen atoms in total. The van der Waals surface area contributed by atoms with Crippen LogP contribution in [0, 0.1) is 5.41 Å². The molecule has 0 aliphatic carbocycles. The number of aromatic nitrogens is 2. The van der Waals surface area contributed by atoms with Gasteiger partial charge in [-0.05, 0) is 5.87 Å². The number of rotatable bonds is 1. The van der Waals surface area contributed by atoms with Gasteiger partial charge >= 0.3 is 5.69 Å². The molecule has 0 aromatic carbocycles. The van der Waals surface area contributed by atoms with Gasteiger partial charge in [-0.15, -0.1) is 0 Å². The minimum atomic E-state index is -0.558. The highest BCUT2D eigenvalue weighted by Crippen LogP contribution is 1.82. The van der Waals surface area contributed by atoms with E-state index in [4.69, 9.17) is 5.41 Å². The van der Waals surface area contributed by atoms with Crippen LogP contribution in [0.5, 0.6) is 0 Å². The molecule has 1 aromatic heterocycles. The highest BCUT2D eigenvalue weighted by molar-refractivity contribution is 5.74. The lowest BCUT2D eigenvalue weighted by Gasteiger charge is -1.85. The molecular formula is C6H5N3O2. The van der Waals surface area contributed by atoms with Crippen LogP contribution in [0.4, 0.5) is 0 Å². The number of hydrogen-bond acceptors (Lipinski definition) is 3. The summed E-state index contributed by atoms with van der Waals surface area (Å²) in [5.41, 5.74) is -0.870. The van der Waals surface area contributed by atoms with E-state index in [-0.39, 0.29) is 5.56 Å². The molecule has 0 aliphatic heterocycles. The maximum Gasteiger partial charge on any atom is 0.325 e. The number of H-pyrrole nitrogens is 2. The lowest BCUT2D eigenvalue weighted by molar-refractivity contribution is 1.03. The van der Waals surface area contributed by atoms with Crippen molar-refractivity contribution in [1.29, 1.82) is 5.41 Å². The first-order valence-corrected chi connectivity index (χ1v) is 2.81. The van der Waals surface area contributed by atoms with E-state index in [2.05, 4.69) is 4.98 Å². The molecule has 0 amide bonds. The van der Waals surface area contributed by atoms with E-state index in [9.17, 15) is 9.59 Å². The summed E-state index contributed by atoms with van der Waals surface area (Å²) in [6, 6.07) is 0. The highest BCUT2D eigenvalue weighted by atomic mass is 16.2. The fourth-order valence-electron chi connectivity index (χ4n) is 0.605. The Morgan fingerprint density at radius 1 is 1.55 bits per heavy atom. The third kappa shape index (κ3) is 1.53. The van der Waals surface area contributed by atoms with E-state index < -0.39 is 11.2 Å². The standard InChI is InChI=1S/C6H5N3O2/c7-2-1-4-3-8-6(11)9-5(4)10/h1,3,7H,(H2,8,9,10,11). The van der Waals surface area contributed by atoms with Crippen LogP contribution in [-0.4, -0.2) is 15.8 Å². The van der Waals surface area contributed by atoms with Gasteiger partial charge in [0.05, 0.1) is 5.56 Å². The van der Waals surface area contributed by atoms with Crippen LogP contribution < -0.4 is 11.2 Å². The second kappa shape index (κ2) is 2.81. The predicted octanol–water partition coefficient (Wildman–Crippen LogP) is -0.675. The smallest absolute Gasteiger partial charge is 0.313 e. The molecule has 0 bridgehead atoms. The maximum absolute atomic E-state index is 10.8. The van der Waals surface area contributed by atoms with Crippen LogP contribution in [0.15, 0.2) is 15.8 Å². The number of nitrogens with one attached hydrogen (secondary N) is 3. The zero-order valence-corrected chi connectivity index (χ0v) is 5.47. The van der Waals surface area contributed by atoms with Gasteiger partial charge < -0.3 is 4.98 Å². The Balaban J connectivity index is 3.42. The quantitative estimate of drug-likeness (QED) is 0.464. The van der Waals surface area contributed by atoms with Crippen LogP contribution >= 0.6 is 0 Å². The highest BCUT2D eigenvalue weighted by Gasteiger charge is 1.92. The molecule has 0 radical (unpaired) electrons. The first-order valence-electron chi connectivity index (χ1n) is 2.81. The van der Waals surface area contributed by atoms with E-state index in [0.29, 0.717) is 0 Å². The molecule has 0 aliphatic rings. The molecule has 0 spiro atoms. The minimum Gasteiger partial charge on any atom is -0.313 e. The van der Waals surface area contributed by atoms with Crippen LogP contribution in [-0.2, 0) is 0 Å². The van der Waals surface area contributed by atoms with Crippen molar-refractivity contribution in [2.75, 3.05) is 0 Å². The largest absolute Gasteiger partial charge is 0.325 e. The Bertz CT molecular complexity index is 408. The van der Waals surface area contributed by atoms with Crippen molar-refractivity contribution in [3.63, 3.8) is 0 Å². The van der Waals surface area contributed by atoms with Crippen molar-refractivity contribution in [2.24, 2.45) is 0 Å². The second-order valence-electron chi connectivity index (χ2n) is 1.82. The Morgan fingerprint density at radius 2 is 2.27 bits per heavy atom. The van der Waals surface area contributed by atoms with Gasteiger partial charge in [-0.25, -0.2) is 4.79 Å². The summed E-state index contributed by atoms with van der Waals surface area (Å²) in [7, 11) is 0. The summed E-state index contributed by atoms with van der Waals surface area (Å²) >= 11 is 0. The summed E-state index contributed by atoms with van der Waals surface area (Å²) in [6.07, 6.45) is 2.39. The molecule has 3 N–H and O–H groups in total. The van der Waals surface area contributed by atoms with E-state index in [0.717, 1.165) is 6.08 Å². The summed E-state index contributed by atoms with van der Waals surface area (Å²) in [6.45, 7) is 0. The van der Waals surface area contributed by atoms with Crippen molar-refractivity contribution < 1.29 is 0 Å². The molecule has 0 atom stereocenters. The lowest BCUT2D eigenvalue weighted by atomic mass is 10.3. The molecule has 0 saturated carbocycles. The molecule has 56 valence electrons. The Morgan fingerprint density at radius 3 is 2.82 bits per heavy atom. The summed E-state index contributed by atoms with van der Waals surface area (Å²) in [5.74, 6) is 1.93. The lowest BCUT2D eigenvalue weighted by Crippen LogP contribution is -2.22. The van der Waals surface area contributed by atoms with Crippen molar-refractivity contribution >= 4 is 11.9 Å².